The number of methoxy groups -OCH3 is 1. The molecule has 0 unspecified atom stereocenters. The molecule has 0 spiro atoms. The Bertz CT molecular complexity index is 250. The van der Waals surface area contributed by atoms with E-state index in [0.29, 0.717) is 39.3 Å². The van der Waals surface area contributed by atoms with Crippen LogP contribution in [0.1, 0.15) is 6.92 Å². The molecule has 0 radical (unpaired) electrons. The van der Waals surface area contributed by atoms with Crippen LogP contribution < -0.4 is 5.32 Å². The molecule has 0 bridgehead atoms. The lowest BCUT2D eigenvalue weighted by Crippen LogP contribution is -2.52. The third-order valence-corrected chi connectivity index (χ3v) is 2.57. The van der Waals surface area contributed by atoms with E-state index in [2.05, 4.69) is 10.1 Å². The zero-order valence-corrected chi connectivity index (χ0v) is 9.86. The third-order valence-electron chi connectivity index (χ3n) is 2.57. The van der Waals surface area contributed by atoms with Gasteiger partial charge in [0.15, 0.2) is 0 Å². The minimum Gasteiger partial charge on any atom is -0.468 e. The van der Waals surface area contributed by atoms with Gasteiger partial charge in [-0.15, -0.1) is 0 Å². The SMILES string of the molecule is CCNC(=O)N1CCN(CC(=O)OC)CC1. The van der Waals surface area contributed by atoms with E-state index in [1.165, 1.54) is 7.11 Å². The van der Waals surface area contributed by atoms with Gasteiger partial charge in [-0.05, 0) is 6.92 Å². The fraction of sp³-hybridized carbons (Fsp3) is 0.800. The number of esters is 1. The molecule has 1 heterocycles. The number of piperazine rings is 1. The summed E-state index contributed by atoms with van der Waals surface area (Å²) >= 11 is 0. The number of carbonyl (C=O) groups excluding carboxylic acids is 2. The van der Waals surface area contributed by atoms with E-state index >= 15 is 0 Å². The van der Waals surface area contributed by atoms with E-state index in [0.717, 1.165) is 0 Å². The highest BCUT2D eigenvalue weighted by Gasteiger charge is 2.21. The molecule has 16 heavy (non-hydrogen) atoms. The number of rotatable bonds is 3. The first-order chi connectivity index (χ1) is 7.67. The maximum Gasteiger partial charge on any atom is 0.319 e. The molecule has 0 aliphatic carbocycles. The minimum atomic E-state index is -0.230. The fourth-order valence-electron chi connectivity index (χ4n) is 1.62. The number of nitrogens with one attached hydrogen (secondary N) is 1. The monoisotopic (exact) mass is 229 g/mol. The number of amides is 2. The molecule has 0 aromatic rings. The predicted octanol–water partition coefficient (Wildman–Crippen LogP) is -0.493. The summed E-state index contributed by atoms with van der Waals surface area (Å²) in [4.78, 5) is 26.3. The summed E-state index contributed by atoms with van der Waals surface area (Å²) in [6.07, 6.45) is 0. The first-order valence-corrected chi connectivity index (χ1v) is 5.49. The van der Waals surface area contributed by atoms with Gasteiger partial charge in [0.1, 0.15) is 0 Å². The van der Waals surface area contributed by atoms with Gasteiger partial charge < -0.3 is 15.0 Å². The van der Waals surface area contributed by atoms with E-state index in [4.69, 9.17) is 0 Å². The zero-order chi connectivity index (χ0) is 12.0. The van der Waals surface area contributed by atoms with Gasteiger partial charge in [-0.3, -0.25) is 9.69 Å². The van der Waals surface area contributed by atoms with E-state index in [1.54, 1.807) is 4.90 Å². The van der Waals surface area contributed by atoms with Crippen LogP contribution in [0.2, 0.25) is 0 Å². The molecule has 1 aliphatic heterocycles. The molecule has 1 rings (SSSR count). The summed E-state index contributed by atoms with van der Waals surface area (Å²) in [6, 6.07) is -0.0276. The number of carbonyl (C=O) groups is 2. The maximum atomic E-state index is 11.5. The van der Waals surface area contributed by atoms with Crippen LogP contribution in [0.25, 0.3) is 0 Å². The highest BCUT2D eigenvalue weighted by atomic mass is 16.5. The average molecular weight is 229 g/mol. The topological polar surface area (TPSA) is 61.9 Å². The molecule has 0 atom stereocenters. The van der Waals surface area contributed by atoms with Crippen molar-refractivity contribution < 1.29 is 14.3 Å². The first kappa shape index (κ1) is 12.8. The summed E-state index contributed by atoms with van der Waals surface area (Å²) in [6.45, 7) is 5.58. The Morgan fingerprint density at radius 3 is 2.38 bits per heavy atom. The molecular weight excluding hydrogens is 210 g/mol. The molecule has 1 aliphatic rings. The second kappa shape index (κ2) is 6.32. The fourth-order valence-corrected chi connectivity index (χ4v) is 1.62. The van der Waals surface area contributed by atoms with Crippen molar-refractivity contribution in [3.8, 4) is 0 Å². The predicted molar refractivity (Wildman–Crippen MR) is 59.1 cm³/mol. The van der Waals surface area contributed by atoms with Crippen LogP contribution in [-0.2, 0) is 9.53 Å². The molecular formula is C10H19N3O3. The molecule has 1 saturated heterocycles. The van der Waals surface area contributed by atoms with Gasteiger partial charge in [-0.25, -0.2) is 4.79 Å². The van der Waals surface area contributed by atoms with E-state index in [9.17, 15) is 9.59 Å². The maximum absolute atomic E-state index is 11.5. The van der Waals surface area contributed by atoms with Crippen molar-refractivity contribution in [3.63, 3.8) is 0 Å². The molecule has 1 fully saturated rings. The van der Waals surface area contributed by atoms with Crippen molar-refractivity contribution >= 4 is 12.0 Å². The molecule has 6 heteroatoms. The smallest absolute Gasteiger partial charge is 0.319 e. The van der Waals surface area contributed by atoms with Crippen LogP contribution in [0.3, 0.4) is 0 Å². The van der Waals surface area contributed by atoms with Gasteiger partial charge in [-0.1, -0.05) is 0 Å². The number of nitrogens with zero attached hydrogens (tertiary/aromatic N) is 2. The van der Waals surface area contributed by atoms with Crippen molar-refractivity contribution in [2.24, 2.45) is 0 Å². The van der Waals surface area contributed by atoms with Crippen molar-refractivity contribution in [2.45, 2.75) is 6.92 Å². The Morgan fingerprint density at radius 1 is 1.25 bits per heavy atom. The largest absolute Gasteiger partial charge is 0.468 e. The average Bonchev–Trinajstić information content (AvgIpc) is 2.30. The Balaban J connectivity index is 2.28. The molecule has 0 saturated carbocycles. The van der Waals surface area contributed by atoms with Gasteiger partial charge >= 0.3 is 12.0 Å². The molecule has 0 aromatic heterocycles. The van der Waals surface area contributed by atoms with Crippen LogP contribution in [0.5, 0.6) is 0 Å². The van der Waals surface area contributed by atoms with Crippen molar-refractivity contribution in [1.29, 1.82) is 0 Å². The lowest BCUT2D eigenvalue weighted by molar-refractivity contribution is -0.142. The van der Waals surface area contributed by atoms with Crippen molar-refractivity contribution in [2.75, 3.05) is 46.4 Å². The Morgan fingerprint density at radius 2 is 1.88 bits per heavy atom. The summed E-state index contributed by atoms with van der Waals surface area (Å²) in [5.41, 5.74) is 0. The lowest BCUT2D eigenvalue weighted by Gasteiger charge is -2.33. The number of urea groups is 1. The summed E-state index contributed by atoms with van der Waals surface area (Å²) in [5.74, 6) is -0.230. The molecule has 2 amide bonds. The quantitative estimate of drug-likeness (QED) is 0.663. The second-order valence-electron chi connectivity index (χ2n) is 3.67. The summed E-state index contributed by atoms with van der Waals surface area (Å²) < 4.78 is 4.59. The normalized spacial score (nSPS) is 17.0. The van der Waals surface area contributed by atoms with Crippen molar-refractivity contribution in [3.05, 3.63) is 0 Å². The minimum absolute atomic E-state index is 0.0276. The van der Waals surface area contributed by atoms with Gasteiger partial charge in [0.05, 0.1) is 13.7 Å². The van der Waals surface area contributed by atoms with Crippen LogP contribution in [0.15, 0.2) is 0 Å². The second-order valence-corrected chi connectivity index (χ2v) is 3.67. The summed E-state index contributed by atoms with van der Waals surface area (Å²) in [5, 5.41) is 2.76. The summed E-state index contributed by atoms with van der Waals surface area (Å²) in [7, 11) is 1.38. The van der Waals surface area contributed by atoms with Gasteiger partial charge in [0, 0.05) is 32.7 Å². The van der Waals surface area contributed by atoms with Gasteiger partial charge in [0.25, 0.3) is 0 Å². The van der Waals surface area contributed by atoms with E-state index < -0.39 is 0 Å². The first-order valence-electron chi connectivity index (χ1n) is 5.49. The highest BCUT2D eigenvalue weighted by molar-refractivity contribution is 5.74. The third kappa shape index (κ3) is 3.69. The van der Waals surface area contributed by atoms with Crippen molar-refractivity contribution in [1.82, 2.24) is 15.1 Å². The van der Waals surface area contributed by atoms with Crippen LogP contribution in [-0.4, -0.2) is 68.2 Å². The number of hydrogen-bond acceptors (Lipinski definition) is 4. The van der Waals surface area contributed by atoms with Crippen LogP contribution in [0.4, 0.5) is 4.79 Å². The molecule has 6 nitrogen and oxygen atoms in total. The Hall–Kier alpha value is -1.30. The molecule has 0 aromatic carbocycles. The Labute approximate surface area is 95.5 Å². The molecule has 1 N–H and O–H groups in total. The van der Waals surface area contributed by atoms with Crippen LogP contribution >= 0.6 is 0 Å². The van der Waals surface area contributed by atoms with Crippen LogP contribution in [0, 0.1) is 0 Å². The standard InChI is InChI=1S/C10H19N3O3/c1-3-11-10(15)13-6-4-12(5-7-13)8-9(14)16-2/h3-8H2,1-2H3,(H,11,15). The van der Waals surface area contributed by atoms with Gasteiger partial charge in [0.2, 0.25) is 0 Å². The zero-order valence-electron chi connectivity index (χ0n) is 9.86. The number of ether oxygens (including phenoxy) is 1. The van der Waals surface area contributed by atoms with Gasteiger partial charge in [-0.2, -0.15) is 0 Å². The molecule has 92 valence electrons. The Kier molecular flexibility index (Phi) is 5.04. The van der Waals surface area contributed by atoms with E-state index in [1.807, 2.05) is 11.8 Å². The highest BCUT2D eigenvalue weighted by Crippen LogP contribution is 2.01. The number of hydrogen-bond donors (Lipinski definition) is 1. The van der Waals surface area contributed by atoms with E-state index in [-0.39, 0.29) is 12.0 Å². The lowest BCUT2D eigenvalue weighted by atomic mass is 10.3.